The van der Waals surface area contributed by atoms with Gasteiger partial charge in [0.05, 0.1) is 18.4 Å². The van der Waals surface area contributed by atoms with Gasteiger partial charge >= 0.3 is 0 Å². The summed E-state index contributed by atoms with van der Waals surface area (Å²) >= 11 is 0. The molecule has 0 spiro atoms. The van der Waals surface area contributed by atoms with Crippen LogP contribution in [0.25, 0.3) is 0 Å². The summed E-state index contributed by atoms with van der Waals surface area (Å²) in [5, 5.41) is 16.2. The van der Waals surface area contributed by atoms with Crippen LogP contribution in [0.3, 0.4) is 0 Å². The Kier molecular flexibility index (Phi) is 6.05. The Morgan fingerprint density at radius 1 is 1.25 bits per heavy atom. The van der Waals surface area contributed by atoms with E-state index in [2.05, 4.69) is 51.1 Å². The molecule has 0 radical (unpaired) electrons. The average Bonchev–Trinajstić information content (AvgIpc) is 3.36. The summed E-state index contributed by atoms with van der Waals surface area (Å²) in [7, 11) is 0. The normalized spacial score (nSPS) is 16.6. The van der Waals surface area contributed by atoms with E-state index in [0.717, 1.165) is 24.5 Å². The monoisotopic (exact) mass is 441 g/mol. The number of aryl methyl sites for hydroxylation is 1. The maximum atomic E-state index is 13.1. The molecular weight excluding hydrogens is 417 g/mol. The fourth-order valence-electron chi connectivity index (χ4n) is 3.37. The van der Waals surface area contributed by atoms with E-state index < -0.39 is 5.82 Å². The molecule has 0 aromatic carbocycles. The fourth-order valence-corrected chi connectivity index (χ4v) is 3.37. The van der Waals surface area contributed by atoms with Crippen molar-refractivity contribution < 1.29 is 9.18 Å². The molecule has 1 aliphatic heterocycles. The molecule has 4 N–H and O–H groups in total. The van der Waals surface area contributed by atoms with Gasteiger partial charge in [-0.25, -0.2) is 14.4 Å². The van der Waals surface area contributed by atoms with E-state index in [1.807, 2.05) is 24.8 Å². The zero-order valence-electron chi connectivity index (χ0n) is 17.9. The van der Waals surface area contributed by atoms with Crippen molar-refractivity contribution in [3.8, 4) is 0 Å². The van der Waals surface area contributed by atoms with Crippen LogP contribution < -0.4 is 20.9 Å². The molecule has 0 saturated carbocycles. The molecule has 4 rings (SSSR count). The Morgan fingerprint density at radius 2 is 2.00 bits per heavy atom. The van der Waals surface area contributed by atoms with Crippen LogP contribution in [0.2, 0.25) is 0 Å². The number of aromatic nitrogens is 7. The van der Waals surface area contributed by atoms with Gasteiger partial charge in [0, 0.05) is 37.8 Å². The molecule has 1 saturated heterocycles. The first kappa shape index (κ1) is 21.3. The summed E-state index contributed by atoms with van der Waals surface area (Å²) < 4.78 is 13.1. The Labute approximate surface area is 183 Å². The molecule has 168 valence electrons. The lowest BCUT2D eigenvalue weighted by Crippen LogP contribution is -2.36. The van der Waals surface area contributed by atoms with E-state index in [-0.39, 0.29) is 18.0 Å². The summed E-state index contributed by atoms with van der Waals surface area (Å²) in [6, 6.07) is 1.48. The highest BCUT2D eigenvalue weighted by Gasteiger charge is 2.26. The molecule has 1 amide bonds. The number of rotatable bonds is 7. The lowest BCUT2D eigenvalue weighted by Gasteiger charge is -2.19. The summed E-state index contributed by atoms with van der Waals surface area (Å²) in [5.74, 6) is 1.45. The van der Waals surface area contributed by atoms with Crippen LogP contribution in [-0.2, 0) is 4.79 Å². The van der Waals surface area contributed by atoms with Crippen LogP contribution in [0.5, 0.6) is 0 Å². The van der Waals surface area contributed by atoms with E-state index in [9.17, 15) is 9.18 Å². The summed E-state index contributed by atoms with van der Waals surface area (Å²) in [6.07, 6.45) is 3.01. The summed E-state index contributed by atoms with van der Waals surface area (Å²) in [4.78, 5) is 34.9. The number of hydrogen-bond donors (Lipinski definition) is 4. The average molecular weight is 441 g/mol. The fraction of sp³-hybridized carbons (Fsp3) is 0.421. The molecule has 3 aromatic heterocycles. The lowest BCUT2D eigenvalue weighted by molar-refractivity contribution is -0.119. The van der Waals surface area contributed by atoms with Crippen LogP contribution in [-0.4, -0.2) is 60.2 Å². The Balaban J connectivity index is 1.58. The predicted octanol–water partition coefficient (Wildman–Crippen LogP) is 1.46. The maximum absolute atomic E-state index is 13.1. The van der Waals surface area contributed by atoms with Crippen molar-refractivity contribution in [2.75, 3.05) is 28.6 Å². The standard InChI is InChI=1S/C19H24FN11O/c1-10-6-15(30-29-10)25-18-26-17(23-11(2)16-21-7-13(20)8-22-16)27-19(28-18)31-5-4-14(9-31)24-12(3)32/h6-8,11,14H,4-5,9H2,1-3H3,(H,24,32)(H3,23,25,26,27,28,29,30)/t11-,14?/m0/s1. The van der Waals surface area contributed by atoms with Crippen molar-refractivity contribution in [3.63, 3.8) is 0 Å². The third-order valence-corrected chi connectivity index (χ3v) is 4.82. The predicted molar refractivity (Wildman–Crippen MR) is 115 cm³/mol. The first-order valence-corrected chi connectivity index (χ1v) is 10.2. The van der Waals surface area contributed by atoms with Crippen molar-refractivity contribution in [2.45, 2.75) is 39.3 Å². The van der Waals surface area contributed by atoms with Crippen LogP contribution in [0.1, 0.15) is 37.8 Å². The summed E-state index contributed by atoms with van der Waals surface area (Å²) in [5.41, 5.74) is 0.889. The minimum absolute atomic E-state index is 0.0256. The number of amides is 1. The number of hydrogen-bond acceptors (Lipinski definition) is 10. The topological polar surface area (TPSA) is 150 Å². The number of aromatic amines is 1. The van der Waals surface area contributed by atoms with Gasteiger partial charge in [0.15, 0.2) is 11.6 Å². The third-order valence-electron chi connectivity index (χ3n) is 4.82. The van der Waals surface area contributed by atoms with Gasteiger partial charge in [-0.15, -0.1) is 0 Å². The first-order valence-electron chi connectivity index (χ1n) is 10.2. The van der Waals surface area contributed by atoms with E-state index in [1.165, 1.54) is 6.92 Å². The molecule has 1 unspecified atom stereocenters. The SMILES string of the molecule is CC(=O)NC1CCN(c2nc(Nc3cc(C)[nH]n3)nc(N[C@@H](C)c3ncc(F)cn3)n2)C1. The minimum atomic E-state index is -0.507. The number of nitrogens with zero attached hydrogens (tertiary/aromatic N) is 7. The number of halogens is 1. The summed E-state index contributed by atoms with van der Waals surface area (Å²) in [6.45, 7) is 6.48. The zero-order chi connectivity index (χ0) is 22.7. The van der Waals surface area contributed by atoms with Crippen LogP contribution in [0.15, 0.2) is 18.5 Å². The number of nitrogens with one attached hydrogen (secondary N) is 4. The van der Waals surface area contributed by atoms with Gasteiger partial charge in [-0.05, 0) is 20.3 Å². The third kappa shape index (κ3) is 5.22. The van der Waals surface area contributed by atoms with Gasteiger partial charge in [0.1, 0.15) is 5.82 Å². The number of H-pyrrole nitrogens is 1. The molecular formula is C19H24FN11O. The van der Waals surface area contributed by atoms with Gasteiger partial charge in [-0.1, -0.05) is 0 Å². The molecule has 4 heterocycles. The van der Waals surface area contributed by atoms with E-state index in [4.69, 9.17) is 0 Å². The molecule has 12 nitrogen and oxygen atoms in total. The van der Waals surface area contributed by atoms with Crippen molar-refractivity contribution in [1.82, 2.24) is 40.4 Å². The van der Waals surface area contributed by atoms with Crippen LogP contribution >= 0.6 is 0 Å². The molecule has 1 fully saturated rings. The van der Waals surface area contributed by atoms with Gasteiger partial charge in [-0.2, -0.15) is 20.1 Å². The molecule has 2 atom stereocenters. The Bertz CT molecular complexity index is 1090. The largest absolute Gasteiger partial charge is 0.352 e. The highest BCUT2D eigenvalue weighted by molar-refractivity contribution is 5.73. The quantitative estimate of drug-likeness (QED) is 0.424. The molecule has 3 aromatic rings. The van der Waals surface area contributed by atoms with Crippen molar-refractivity contribution in [2.24, 2.45) is 0 Å². The highest BCUT2D eigenvalue weighted by Crippen LogP contribution is 2.22. The zero-order valence-corrected chi connectivity index (χ0v) is 17.9. The van der Waals surface area contributed by atoms with E-state index in [1.54, 1.807) is 0 Å². The first-order chi connectivity index (χ1) is 15.4. The van der Waals surface area contributed by atoms with Crippen molar-refractivity contribution in [1.29, 1.82) is 0 Å². The minimum Gasteiger partial charge on any atom is -0.352 e. The second-order valence-corrected chi connectivity index (χ2v) is 7.60. The maximum Gasteiger partial charge on any atom is 0.235 e. The Hall–Kier alpha value is -3.90. The van der Waals surface area contributed by atoms with Gasteiger partial charge in [-0.3, -0.25) is 9.89 Å². The molecule has 1 aliphatic rings. The molecule has 0 bridgehead atoms. The second-order valence-electron chi connectivity index (χ2n) is 7.60. The number of anilines is 4. The van der Waals surface area contributed by atoms with Crippen LogP contribution in [0.4, 0.5) is 28.1 Å². The van der Waals surface area contributed by atoms with E-state index >= 15 is 0 Å². The number of carbonyl (C=O) groups excluding carboxylic acids is 1. The van der Waals surface area contributed by atoms with Gasteiger partial charge in [0.2, 0.25) is 23.8 Å². The molecule has 32 heavy (non-hydrogen) atoms. The smallest absolute Gasteiger partial charge is 0.235 e. The van der Waals surface area contributed by atoms with Crippen molar-refractivity contribution >= 4 is 29.6 Å². The van der Waals surface area contributed by atoms with Crippen molar-refractivity contribution in [3.05, 3.63) is 35.8 Å². The number of carbonyl (C=O) groups is 1. The molecule has 13 heteroatoms. The van der Waals surface area contributed by atoms with Gasteiger partial charge < -0.3 is 20.9 Å². The highest BCUT2D eigenvalue weighted by atomic mass is 19.1. The van der Waals surface area contributed by atoms with Gasteiger partial charge in [0.25, 0.3) is 0 Å². The molecule has 0 aliphatic carbocycles. The lowest BCUT2D eigenvalue weighted by atomic mass is 10.3. The Morgan fingerprint density at radius 3 is 2.69 bits per heavy atom. The van der Waals surface area contributed by atoms with Crippen LogP contribution in [0, 0.1) is 12.7 Å². The second kappa shape index (κ2) is 9.08. The van der Waals surface area contributed by atoms with E-state index in [0.29, 0.717) is 42.6 Å².